The van der Waals surface area contributed by atoms with Gasteiger partial charge < -0.3 is 19.4 Å². The van der Waals surface area contributed by atoms with E-state index in [0.29, 0.717) is 11.5 Å². The van der Waals surface area contributed by atoms with Crippen LogP contribution in [0.25, 0.3) is 11.5 Å². The van der Waals surface area contributed by atoms with Crippen molar-refractivity contribution in [2.45, 2.75) is 13.0 Å². The second-order valence-corrected chi connectivity index (χ2v) is 3.61. The SMILES string of the molecule is CC(O)CNC(=O)c1cc(-c2ccco2)on1. The average Bonchev–Trinajstić information content (AvgIpc) is 2.94. The van der Waals surface area contributed by atoms with Crippen molar-refractivity contribution in [2.24, 2.45) is 0 Å². The van der Waals surface area contributed by atoms with Crippen molar-refractivity contribution in [1.29, 1.82) is 0 Å². The van der Waals surface area contributed by atoms with Crippen LogP contribution in [0.5, 0.6) is 0 Å². The second-order valence-electron chi connectivity index (χ2n) is 3.61. The fourth-order valence-electron chi connectivity index (χ4n) is 1.25. The zero-order chi connectivity index (χ0) is 12.3. The standard InChI is InChI=1S/C11H12N2O4/c1-7(14)6-12-11(15)8-5-10(17-13-8)9-3-2-4-16-9/h2-5,7,14H,6H2,1H3,(H,12,15). The lowest BCUT2D eigenvalue weighted by molar-refractivity contribution is 0.0915. The lowest BCUT2D eigenvalue weighted by atomic mass is 10.3. The molecule has 2 heterocycles. The Morgan fingerprint density at radius 3 is 3.06 bits per heavy atom. The first kappa shape index (κ1) is 11.4. The van der Waals surface area contributed by atoms with Gasteiger partial charge in [-0.3, -0.25) is 4.79 Å². The smallest absolute Gasteiger partial charge is 0.273 e. The number of aliphatic hydroxyl groups is 1. The van der Waals surface area contributed by atoms with E-state index in [-0.39, 0.29) is 12.2 Å². The summed E-state index contributed by atoms with van der Waals surface area (Å²) in [6.45, 7) is 1.75. The van der Waals surface area contributed by atoms with Gasteiger partial charge >= 0.3 is 0 Å². The molecule has 0 bridgehead atoms. The number of rotatable bonds is 4. The quantitative estimate of drug-likeness (QED) is 0.828. The summed E-state index contributed by atoms with van der Waals surface area (Å²) in [5.74, 6) is 0.497. The minimum Gasteiger partial charge on any atom is -0.461 e. The van der Waals surface area contributed by atoms with Crippen LogP contribution in [0.15, 0.2) is 33.4 Å². The van der Waals surface area contributed by atoms with Crippen molar-refractivity contribution < 1.29 is 18.8 Å². The largest absolute Gasteiger partial charge is 0.461 e. The highest BCUT2D eigenvalue weighted by Gasteiger charge is 2.14. The van der Waals surface area contributed by atoms with E-state index < -0.39 is 12.0 Å². The lowest BCUT2D eigenvalue weighted by Crippen LogP contribution is -2.30. The number of nitrogens with one attached hydrogen (secondary N) is 1. The number of hydrogen-bond acceptors (Lipinski definition) is 5. The van der Waals surface area contributed by atoms with Gasteiger partial charge in [0.05, 0.1) is 12.4 Å². The van der Waals surface area contributed by atoms with Crippen molar-refractivity contribution in [2.75, 3.05) is 6.54 Å². The van der Waals surface area contributed by atoms with Gasteiger partial charge in [0, 0.05) is 12.6 Å². The van der Waals surface area contributed by atoms with Gasteiger partial charge in [-0.25, -0.2) is 0 Å². The Balaban J connectivity index is 2.05. The van der Waals surface area contributed by atoms with Gasteiger partial charge in [0.25, 0.3) is 5.91 Å². The summed E-state index contributed by atoms with van der Waals surface area (Å²) in [6, 6.07) is 4.90. The Kier molecular flexibility index (Phi) is 3.24. The number of aromatic nitrogens is 1. The monoisotopic (exact) mass is 236 g/mol. The molecule has 17 heavy (non-hydrogen) atoms. The average molecular weight is 236 g/mol. The van der Waals surface area contributed by atoms with E-state index in [0.717, 1.165) is 0 Å². The van der Waals surface area contributed by atoms with Gasteiger partial charge in [-0.05, 0) is 19.1 Å². The number of nitrogens with zero attached hydrogens (tertiary/aromatic N) is 1. The molecule has 0 saturated heterocycles. The van der Waals surface area contributed by atoms with E-state index in [1.165, 1.54) is 12.3 Å². The molecule has 2 aromatic heterocycles. The molecule has 2 N–H and O–H groups in total. The maximum Gasteiger partial charge on any atom is 0.273 e. The summed E-state index contributed by atoms with van der Waals surface area (Å²) in [7, 11) is 0. The van der Waals surface area contributed by atoms with Crippen LogP contribution < -0.4 is 5.32 Å². The predicted octanol–water partition coefficient (Wildman–Crippen LogP) is 1.05. The zero-order valence-corrected chi connectivity index (χ0v) is 9.21. The molecule has 0 fully saturated rings. The lowest BCUT2D eigenvalue weighted by Gasteiger charge is -2.03. The highest BCUT2D eigenvalue weighted by Crippen LogP contribution is 2.20. The van der Waals surface area contributed by atoms with E-state index in [9.17, 15) is 4.79 Å². The molecule has 0 aromatic carbocycles. The molecule has 0 radical (unpaired) electrons. The van der Waals surface area contributed by atoms with Crippen LogP contribution in [-0.4, -0.2) is 28.8 Å². The molecule has 2 rings (SSSR count). The molecule has 1 unspecified atom stereocenters. The van der Waals surface area contributed by atoms with Gasteiger partial charge in [0.2, 0.25) is 5.76 Å². The number of amides is 1. The number of hydrogen-bond donors (Lipinski definition) is 2. The van der Waals surface area contributed by atoms with Crippen molar-refractivity contribution in [1.82, 2.24) is 10.5 Å². The maximum atomic E-state index is 11.6. The Hall–Kier alpha value is -2.08. The normalized spacial score (nSPS) is 12.4. The van der Waals surface area contributed by atoms with E-state index >= 15 is 0 Å². The van der Waals surface area contributed by atoms with Gasteiger partial charge in [-0.15, -0.1) is 0 Å². The Bertz CT molecular complexity index is 487. The molecule has 1 atom stereocenters. The molecular formula is C11H12N2O4. The van der Waals surface area contributed by atoms with E-state index in [2.05, 4.69) is 10.5 Å². The minimum absolute atomic E-state index is 0.150. The number of furan rings is 1. The van der Waals surface area contributed by atoms with Crippen LogP contribution in [0.4, 0.5) is 0 Å². The minimum atomic E-state index is -0.601. The number of carbonyl (C=O) groups excluding carboxylic acids is 1. The molecule has 6 heteroatoms. The third kappa shape index (κ3) is 2.73. The Morgan fingerprint density at radius 1 is 1.59 bits per heavy atom. The highest BCUT2D eigenvalue weighted by atomic mass is 16.5. The van der Waals surface area contributed by atoms with Gasteiger partial charge in [-0.2, -0.15) is 0 Å². The first-order valence-corrected chi connectivity index (χ1v) is 5.13. The highest BCUT2D eigenvalue weighted by molar-refractivity contribution is 5.92. The van der Waals surface area contributed by atoms with E-state index in [4.69, 9.17) is 14.0 Å². The van der Waals surface area contributed by atoms with Gasteiger partial charge in [-0.1, -0.05) is 5.16 Å². The van der Waals surface area contributed by atoms with E-state index in [1.54, 1.807) is 19.1 Å². The maximum absolute atomic E-state index is 11.6. The van der Waals surface area contributed by atoms with Crippen LogP contribution in [0.3, 0.4) is 0 Å². The van der Waals surface area contributed by atoms with Crippen molar-refractivity contribution >= 4 is 5.91 Å². The van der Waals surface area contributed by atoms with Crippen LogP contribution in [0.1, 0.15) is 17.4 Å². The summed E-state index contributed by atoms with van der Waals surface area (Å²) in [5, 5.41) is 15.2. The fourth-order valence-corrected chi connectivity index (χ4v) is 1.25. The molecule has 2 aromatic rings. The summed E-state index contributed by atoms with van der Waals surface area (Å²) >= 11 is 0. The third-order valence-electron chi connectivity index (χ3n) is 2.06. The molecule has 0 aliphatic rings. The summed E-state index contributed by atoms with van der Waals surface area (Å²) in [4.78, 5) is 11.6. The van der Waals surface area contributed by atoms with Crippen molar-refractivity contribution in [3.8, 4) is 11.5 Å². The molecule has 6 nitrogen and oxygen atoms in total. The Labute approximate surface area is 97.2 Å². The van der Waals surface area contributed by atoms with Crippen molar-refractivity contribution in [3.63, 3.8) is 0 Å². The summed E-state index contributed by atoms with van der Waals surface area (Å²) in [5.41, 5.74) is 0.150. The van der Waals surface area contributed by atoms with Gasteiger partial charge in [0.1, 0.15) is 0 Å². The molecular weight excluding hydrogens is 224 g/mol. The fraction of sp³-hybridized carbons (Fsp3) is 0.273. The molecule has 0 aliphatic carbocycles. The molecule has 0 spiro atoms. The third-order valence-corrected chi connectivity index (χ3v) is 2.06. The number of carbonyl (C=O) groups is 1. The van der Waals surface area contributed by atoms with Crippen LogP contribution >= 0.6 is 0 Å². The topological polar surface area (TPSA) is 88.5 Å². The van der Waals surface area contributed by atoms with Crippen LogP contribution in [0.2, 0.25) is 0 Å². The zero-order valence-electron chi connectivity index (χ0n) is 9.21. The predicted molar refractivity (Wildman–Crippen MR) is 58.2 cm³/mol. The van der Waals surface area contributed by atoms with Crippen LogP contribution in [0, 0.1) is 0 Å². The number of aliphatic hydroxyl groups excluding tert-OH is 1. The Morgan fingerprint density at radius 2 is 2.41 bits per heavy atom. The van der Waals surface area contributed by atoms with E-state index in [1.807, 2.05) is 0 Å². The second kappa shape index (κ2) is 4.84. The summed E-state index contributed by atoms with van der Waals surface area (Å²) in [6.07, 6.45) is 0.904. The summed E-state index contributed by atoms with van der Waals surface area (Å²) < 4.78 is 10.1. The first-order valence-electron chi connectivity index (χ1n) is 5.13. The molecule has 0 aliphatic heterocycles. The van der Waals surface area contributed by atoms with Crippen molar-refractivity contribution in [3.05, 3.63) is 30.2 Å². The molecule has 90 valence electrons. The first-order chi connectivity index (χ1) is 8.16. The van der Waals surface area contributed by atoms with Gasteiger partial charge in [0.15, 0.2) is 11.5 Å². The van der Waals surface area contributed by atoms with Crippen LogP contribution in [-0.2, 0) is 0 Å². The molecule has 0 saturated carbocycles. The molecule has 1 amide bonds.